The van der Waals surface area contributed by atoms with Crippen molar-refractivity contribution in [1.29, 1.82) is 0 Å². The molecular weight excluding hydrogens is 307 g/mol. The lowest BCUT2D eigenvalue weighted by atomic mass is 10.1. The first-order chi connectivity index (χ1) is 8.85. The molecule has 0 aliphatic rings. The molecule has 0 aliphatic heterocycles. The molecule has 1 aromatic carbocycles. The van der Waals surface area contributed by atoms with E-state index in [1.807, 2.05) is 19.1 Å². The van der Waals surface area contributed by atoms with Gasteiger partial charge in [0.2, 0.25) is 10.0 Å². The maximum absolute atomic E-state index is 11.2. The zero-order valence-corrected chi connectivity index (χ0v) is 13.2. The van der Waals surface area contributed by atoms with Crippen molar-refractivity contribution in [3.63, 3.8) is 0 Å². The first-order valence-corrected chi connectivity index (χ1v) is 8.36. The highest BCUT2D eigenvalue weighted by atomic mass is 35.5. The molecule has 0 radical (unpaired) electrons. The van der Waals surface area contributed by atoms with Crippen LogP contribution in [0.3, 0.4) is 0 Å². The molecule has 0 amide bonds. The molecule has 4 nitrogen and oxygen atoms in total. The molecule has 108 valence electrons. The van der Waals surface area contributed by atoms with Crippen LogP contribution in [0.1, 0.15) is 24.9 Å². The van der Waals surface area contributed by atoms with Gasteiger partial charge in [-0.2, -0.15) is 0 Å². The van der Waals surface area contributed by atoms with Gasteiger partial charge in [0.15, 0.2) is 0 Å². The van der Waals surface area contributed by atoms with Crippen molar-refractivity contribution < 1.29 is 8.42 Å². The zero-order valence-electron chi connectivity index (χ0n) is 10.9. The molecule has 0 heterocycles. The lowest BCUT2D eigenvalue weighted by molar-refractivity contribution is 0.557. The quantitative estimate of drug-likeness (QED) is 0.758. The maximum atomic E-state index is 11.2. The monoisotopic (exact) mass is 324 g/mol. The minimum atomic E-state index is -3.12. The average molecular weight is 325 g/mol. The minimum absolute atomic E-state index is 0.0899. The fraction of sp³-hybridized carbons (Fsp3) is 0.500. The summed E-state index contributed by atoms with van der Waals surface area (Å²) >= 11 is 11.8. The van der Waals surface area contributed by atoms with E-state index in [9.17, 15) is 8.42 Å². The van der Waals surface area contributed by atoms with Gasteiger partial charge in [-0.15, -0.1) is 0 Å². The normalized spacial score (nSPS) is 13.5. The van der Waals surface area contributed by atoms with Crippen LogP contribution in [0.25, 0.3) is 0 Å². The first kappa shape index (κ1) is 16.7. The molecule has 19 heavy (non-hydrogen) atoms. The van der Waals surface area contributed by atoms with Crippen LogP contribution < -0.4 is 10.0 Å². The van der Waals surface area contributed by atoms with Crippen LogP contribution in [0, 0.1) is 0 Å². The second-order valence-corrected chi connectivity index (χ2v) is 7.09. The Bertz CT molecular complexity index is 520. The first-order valence-electron chi connectivity index (χ1n) is 5.95. The molecule has 0 bridgehead atoms. The van der Waals surface area contributed by atoms with Gasteiger partial charge in [0.25, 0.3) is 0 Å². The van der Waals surface area contributed by atoms with Crippen molar-refractivity contribution in [2.45, 2.75) is 19.4 Å². The molecular formula is C12H18Cl2N2O2S. The lowest BCUT2D eigenvalue weighted by Gasteiger charge is -2.14. The third-order valence-electron chi connectivity index (χ3n) is 2.80. The van der Waals surface area contributed by atoms with Gasteiger partial charge in [-0.25, -0.2) is 13.1 Å². The Morgan fingerprint density at radius 2 is 1.95 bits per heavy atom. The number of hydrogen-bond acceptors (Lipinski definition) is 3. The van der Waals surface area contributed by atoms with Crippen LogP contribution in [0.2, 0.25) is 10.0 Å². The van der Waals surface area contributed by atoms with E-state index in [1.165, 1.54) is 7.05 Å². The summed E-state index contributed by atoms with van der Waals surface area (Å²) in [5.74, 6) is 0.116. The molecule has 1 rings (SSSR count). The molecule has 0 fully saturated rings. The van der Waals surface area contributed by atoms with Crippen molar-refractivity contribution in [1.82, 2.24) is 10.0 Å². The predicted molar refractivity (Wildman–Crippen MR) is 80.3 cm³/mol. The highest BCUT2D eigenvalue weighted by molar-refractivity contribution is 7.89. The number of sulfonamides is 1. The van der Waals surface area contributed by atoms with Crippen LogP contribution in [0.5, 0.6) is 0 Å². The van der Waals surface area contributed by atoms with Crippen molar-refractivity contribution in [3.8, 4) is 0 Å². The molecule has 1 atom stereocenters. The van der Waals surface area contributed by atoms with Crippen LogP contribution in [0.15, 0.2) is 18.2 Å². The maximum Gasteiger partial charge on any atom is 0.211 e. The standard InChI is InChI=1S/C12H18Cl2N2O2S/c1-9(10-4-5-11(13)12(14)8-10)16-6-3-7-19(17,18)15-2/h4-5,8-9,15-16H,3,6-7H2,1-2H3/t9-/m1/s1. The summed E-state index contributed by atoms with van der Waals surface area (Å²) in [4.78, 5) is 0. The number of benzene rings is 1. The van der Waals surface area contributed by atoms with Gasteiger partial charge in [0.05, 0.1) is 15.8 Å². The van der Waals surface area contributed by atoms with Gasteiger partial charge in [-0.1, -0.05) is 29.3 Å². The van der Waals surface area contributed by atoms with E-state index in [4.69, 9.17) is 23.2 Å². The molecule has 0 saturated carbocycles. The second-order valence-electron chi connectivity index (χ2n) is 4.23. The molecule has 0 aromatic heterocycles. The summed E-state index contributed by atoms with van der Waals surface area (Å²) in [7, 11) is -1.71. The van der Waals surface area contributed by atoms with Gasteiger partial charge in [-0.3, -0.25) is 0 Å². The molecule has 7 heteroatoms. The van der Waals surface area contributed by atoms with Gasteiger partial charge in [0.1, 0.15) is 0 Å². The fourth-order valence-corrected chi connectivity index (χ4v) is 2.62. The third kappa shape index (κ3) is 5.67. The SMILES string of the molecule is CNS(=O)(=O)CCCN[C@H](C)c1ccc(Cl)c(Cl)c1. The fourth-order valence-electron chi connectivity index (χ4n) is 1.58. The van der Waals surface area contributed by atoms with Crippen LogP contribution in [-0.2, 0) is 10.0 Å². The molecule has 1 aromatic rings. The van der Waals surface area contributed by atoms with Gasteiger partial charge in [-0.05, 0) is 44.6 Å². The Labute approximate surface area is 124 Å². The van der Waals surface area contributed by atoms with E-state index in [1.54, 1.807) is 6.07 Å². The van der Waals surface area contributed by atoms with Crippen molar-refractivity contribution in [3.05, 3.63) is 33.8 Å². The topological polar surface area (TPSA) is 58.2 Å². The van der Waals surface area contributed by atoms with Crippen LogP contribution in [-0.4, -0.2) is 27.8 Å². The van der Waals surface area contributed by atoms with E-state index in [-0.39, 0.29) is 11.8 Å². The summed E-state index contributed by atoms with van der Waals surface area (Å²) < 4.78 is 24.7. The minimum Gasteiger partial charge on any atom is -0.310 e. The van der Waals surface area contributed by atoms with Crippen molar-refractivity contribution in [2.75, 3.05) is 19.3 Å². The number of hydrogen-bond donors (Lipinski definition) is 2. The Balaban J connectivity index is 2.43. The number of rotatable bonds is 7. The molecule has 0 aliphatic carbocycles. The van der Waals surface area contributed by atoms with Crippen LogP contribution in [0.4, 0.5) is 0 Å². The van der Waals surface area contributed by atoms with Crippen molar-refractivity contribution >= 4 is 33.2 Å². The highest BCUT2D eigenvalue weighted by Gasteiger charge is 2.09. The van der Waals surface area contributed by atoms with Gasteiger partial charge >= 0.3 is 0 Å². The molecule has 0 saturated heterocycles. The van der Waals surface area contributed by atoms with E-state index in [0.29, 0.717) is 23.0 Å². The van der Waals surface area contributed by atoms with Crippen molar-refractivity contribution in [2.24, 2.45) is 0 Å². The van der Waals surface area contributed by atoms with Gasteiger partial charge in [0, 0.05) is 6.04 Å². The number of halogens is 2. The Morgan fingerprint density at radius 3 is 2.53 bits per heavy atom. The van der Waals surface area contributed by atoms with Crippen LogP contribution >= 0.6 is 23.2 Å². The Kier molecular flexibility index (Phi) is 6.56. The zero-order chi connectivity index (χ0) is 14.5. The number of nitrogens with one attached hydrogen (secondary N) is 2. The smallest absolute Gasteiger partial charge is 0.211 e. The highest BCUT2D eigenvalue weighted by Crippen LogP contribution is 2.25. The Morgan fingerprint density at radius 1 is 1.26 bits per heavy atom. The van der Waals surface area contributed by atoms with Gasteiger partial charge < -0.3 is 5.32 Å². The molecule has 2 N–H and O–H groups in total. The summed E-state index contributed by atoms with van der Waals surface area (Å²) in [5.41, 5.74) is 1.02. The largest absolute Gasteiger partial charge is 0.310 e. The Hall–Kier alpha value is -0.330. The van der Waals surface area contributed by atoms with E-state index >= 15 is 0 Å². The molecule has 0 unspecified atom stereocenters. The summed E-state index contributed by atoms with van der Waals surface area (Å²) in [5, 5.41) is 4.29. The third-order valence-corrected chi connectivity index (χ3v) is 4.98. The molecule has 0 spiro atoms. The lowest BCUT2D eigenvalue weighted by Crippen LogP contribution is -2.26. The van der Waals surface area contributed by atoms with E-state index < -0.39 is 10.0 Å². The average Bonchev–Trinajstić information content (AvgIpc) is 2.37. The summed E-state index contributed by atoms with van der Waals surface area (Å²) in [6, 6.07) is 5.55. The predicted octanol–water partition coefficient (Wildman–Crippen LogP) is 2.58. The summed E-state index contributed by atoms with van der Waals surface area (Å²) in [6.07, 6.45) is 0.550. The van der Waals surface area contributed by atoms with E-state index in [0.717, 1.165) is 5.56 Å². The van der Waals surface area contributed by atoms with E-state index in [2.05, 4.69) is 10.0 Å². The summed E-state index contributed by atoms with van der Waals surface area (Å²) in [6.45, 7) is 2.61. The second kappa shape index (κ2) is 7.45.